The van der Waals surface area contributed by atoms with Gasteiger partial charge in [-0.3, -0.25) is 0 Å². The molecule has 0 aliphatic heterocycles. The zero-order valence-electron chi connectivity index (χ0n) is 7.79. The summed E-state index contributed by atoms with van der Waals surface area (Å²) in [6.07, 6.45) is -0.334. The second-order valence-electron chi connectivity index (χ2n) is 3.18. The smallest absolute Gasteiger partial charge is 0.0710 e. The summed E-state index contributed by atoms with van der Waals surface area (Å²) in [4.78, 5) is 0. The number of hydrogen-bond acceptors (Lipinski definition) is 2. The van der Waals surface area contributed by atoms with E-state index in [2.05, 4.69) is 27.9 Å². The molecular formula is C10H14INO. The van der Waals surface area contributed by atoms with E-state index in [0.717, 1.165) is 5.69 Å². The third-order valence-electron chi connectivity index (χ3n) is 1.96. The van der Waals surface area contributed by atoms with Gasteiger partial charge in [-0.1, -0.05) is 0 Å². The lowest BCUT2D eigenvalue weighted by Crippen LogP contribution is -2.27. The first kappa shape index (κ1) is 10.8. The molecule has 2 unspecified atom stereocenters. The average molecular weight is 291 g/mol. The van der Waals surface area contributed by atoms with Gasteiger partial charge >= 0.3 is 0 Å². The standard InChI is InChI=1S/C10H14INO/c1-7(8(2)13)12-10-5-3-9(11)4-6-10/h3-8,12-13H,1-2H3. The van der Waals surface area contributed by atoms with Crippen molar-refractivity contribution in [1.29, 1.82) is 0 Å². The Morgan fingerprint density at radius 1 is 1.23 bits per heavy atom. The monoisotopic (exact) mass is 291 g/mol. The van der Waals surface area contributed by atoms with E-state index in [1.54, 1.807) is 6.92 Å². The van der Waals surface area contributed by atoms with E-state index in [9.17, 15) is 5.11 Å². The highest BCUT2D eigenvalue weighted by molar-refractivity contribution is 14.1. The second kappa shape index (κ2) is 4.81. The van der Waals surface area contributed by atoms with Crippen LogP contribution in [0.4, 0.5) is 5.69 Å². The summed E-state index contributed by atoms with van der Waals surface area (Å²) in [5.74, 6) is 0. The van der Waals surface area contributed by atoms with Crippen LogP contribution in [0.15, 0.2) is 24.3 Å². The molecule has 2 N–H and O–H groups in total. The summed E-state index contributed by atoms with van der Waals surface area (Å²) < 4.78 is 1.22. The van der Waals surface area contributed by atoms with E-state index in [0.29, 0.717) is 0 Å². The number of nitrogens with one attached hydrogen (secondary N) is 1. The summed E-state index contributed by atoms with van der Waals surface area (Å²) in [6, 6.07) is 8.19. The molecule has 0 fully saturated rings. The molecule has 0 amide bonds. The van der Waals surface area contributed by atoms with E-state index < -0.39 is 0 Å². The van der Waals surface area contributed by atoms with Crippen LogP contribution in [0.5, 0.6) is 0 Å². The van der Waals surface area contributed by atoms with Crippen LogP contribution >= 0.6 is 22.6 Å². The molecular weight excluding hydrogens is 277 g/mol. The highest BCUT2D eigenvalue weighted by atomic mass is 127. The quantitative estimate of drug-likeness (QED) is 0.839. The summed E-state index contributed by atoms with van der Waals surface area (Å²) in [6.45, 7) is 3.74. The topological polar surface area (TPSA) is 32.3 Å². The van der Waals surface area contributed by atoms with Crippen molar-refractivity contribution < 1.29 is 5.11 Å². The minimum absolute atomic E-state index is 0.0834. The van der Waals surface area contributed by atoms with E-state index >= 15 is 0 Å². The van der Waals surface area contributed by atoms with Crippen LogP contribution in [0.25, 0.3) is 0 Å². The molecule has 0 aliphatic rings. The third-order valence-corrected chi connectivity index (χ3v) is 2.68. The minimum Gasteiger partial charge on any atom is -0.391 e. The van der Waals surface area contributed by atoms with Gasteiger partial charge in [-0.15, -0.1) is 0 Å². The Balaban J connectivity index is 2.59. The van der Waals surface area contributed by atoms with Gasteiger partial charge in [0.05, 0.1) is 6.10 Å². The van der Waals surface area contributed by atoms with Crippen molar-refractivity contribution in [3.8, 4) is 0 Å². The van der Waals surface area contributed by atoms with Crippen LogP contribution in [0, 0.1) is 3.57 Å². The fraction of sp³-hybridized carbons (Fsp3) is 0.400. The summed E-state index contributed by atoms with van der Waals surface area (Å²) in [5.41, 5.74) is 1.05. The molecule has 0 saturated heterocycles. The molecule has 1 aromatic carbocycles. The largest absolute Gasteiger partial charge is 0.391 e. The van der Waals surface area contributed by atoms with Crippen LogP contribution in [-0.4, -0.2) is 17.3 Å². The number of anilines is 1. The Morgan fingerprint density at radius 3 is 2.23 bits per heavy atom. The number of hydrogen-bond donors (Lipinski definition) is 2. The maximum Gasteiger partial charge on any atom is 0.0710 e. The van der Waals surface area contributed by atoms with Crippen LogP contribution in [0.2, 0.25) is 0 Å². The van der Waals surface area contributed by atoms with Crippen molar-refractivity contribution in [2.75, 3.05) is 5.32 Å². The van der Waals surface area contributed by atoms with Crippen molar-refractivity contribution in [2.24, 2.45) is 0 Å². The summed E-state index contributed by atoms with van der Waals surface area (Å²) in [7, 11) is 0. The predicted molar refractivity (Wildman–Crippen MR) is 63.9 cm³/mol. The molecule has 0 aliphatic carbocycles. The first-order chi connectivity index (χ1) is 6.09. The summed E-state index contributed by atoms with van der Waals surface area (Å²) in [5, 5.41) is 12.5. The van der Waals surface area contributed by atoms with E-state index in [1.165, 1.54) is 3.57 Å². The Bertz CT molecular complexity index is 258. The van der Waals surface area contributed by atoms with Gasteiger partial charge in [0.25, 0.3) is 0 Å². The van der Waals surface area contributed by atoms with Gasteiger partial charge in [-0.05, 0) is 60.7 Å². The van der Waals surface area contributed by atoms with Crippen LogP contribution in [0.3, 0.4) is 0 Å². The van der Waals surface area contributed by atoms with E-state index in [-0.39, 0.29) is 12.1 Å². The fourth-order valence-corrected chi connectivity index (χ4v) is 1.29. The Kier molecular flexibility index (Phi) is 3.99. The van der Waals surface area contributed by atoms with Crippen LogP contribution < -0.4 is 5.32 Å². The molecule has 0 radical (unpaired) electrons. The average Bonchev–Trinajstić information content (AvgIpc) is 2.08. The highest BCUT2D eigenvalue weighted by Gasteiger charge is 2.07. The molecule has 0 bridgehead atoms. The van der Waals surface area contributed by atoms with Crippen molar-refractivity contribution in [1.82, 2.24) is 0 Å². The summed E-state index contributed by atoms with van der Waals surface area (Å²) >= 11 is 2.27. The Labute approximate surface area is 92.5 Å². The van der Waals surface area contributed by atoms with Crippen molar-refractivity contribution in [3.63, 3.8) is 0 Å². The molecule has 72 valence electrons. The normalized spacial score (nSPS) is 15.1. The predicted octanol–water partition coefficient (Wildman–Crippen LogP) is 2.47. The first-order valence-corrected chi connectivity index (χ1v) is 5.37. The number of aliphatic hydroxyl groups excluding tert-OH is 1. The van der Waals surface area contributed by atoms with E-state index in [4.69, 9.17) is 0 Å². The van der Waals surface area contributed by atoms with Gasteiger partial charge in [0, 0.05) is 15.3 Å². The van der Waals surface area contributed by atoms with Gasteiger partial charge in [0.15, 0.2) is 0 Å². The zero-order chi connectivity index (χ0) is 9.84. The molecule has 0 spiro atoms. The number of benzene rings is 1. The molecule has 0 aromatic heterocycles. The highest BCUT2D eigenvalue weighted by Crippen LogP contribution is 2.12. The molecule has 0 saturated carbocycles. The maximum atomic E-state index is 9.27. The second-order valence-corrected chi connectivity index (χ2v) is 4.43. The molecule has 3 heteroatoms. The third kappa shape index (κ3) is 3.52. The van der Waals surface area contributed by atoms with Gasteiger partial charge in [0.2, 0.25) is 0 Å². The molecule has 2 atom stereocenters. The molecule has 1 rings (SSSR count). The zero-order valence-corrected chi connectivity index (χ0v) is 9.95. The van der Waals surface area contributed by atoms with Crippen molar-refractivity contribution in [3.05, 3.63) is 27.8 Å². The van der Waals surface area contributed by atoms with Gasteiger partial charge < -0.3 is 10.4 Å². The fourth-order valence-electron chi connectivity index (χ4n) is 0.930. The van der Waals surface area contributed by atoms with Crippen molar-refractivity contribution >= 4 is 28.3 Å². The minimum atomic E-state index is -0.334. The van der Waals surface area contributed by atoms with E-state index in [1.807, 2.05) is 31.2 Å². The van der Waals surface area contributed by atoms with Crippen LogP contribution in [-0.2, 0) is 0 Å². The lowest BCUT2D eigenvalue weighted by Gasteiger charge is -2.17. The maximum absolute atomic E-state index is 9.27. The van der Waals surface area contributed by atoms with Crippen LogP contribution in [0.1, 0.15) is 13.8 Å². The number of aliphatic hydroxyl groups is 1. The Hall–Kier alpha value is -0.290. The molecule has 2 nitrogen and oxygen atoms in total. The van der Waals surface area contributed by atoms with Gasteiger partial charge in [0.1, 0.15) is 0 Å². The van der Waals surface area contributed by atoms with Gasteiger partial charge in [-0.2, -0.15) is 0 Å². The first-order valence-electron chi connectivity index (χ1n) is 4.30. The van der Waals surface area contributed by atoms with Crippen molar-refractivity contribution in [2.45, 2.75) is 26.0 Å². The SMILES string of the molecule is CC(O)C(C)Nc1ccc(I)cc1. The Morgan fingerprint density at radius 2 is 1.77 bits per heavy atom. The molecule has 1 aromatic rings. The lowest BCUT2D eigenvalue weighted by molar-refractivity contribution is 0.178. The molecule has 0 heterocycles. The lowest BCUT2D eigenvalue weighted by atomic mass is 10.2. The molecule has 13 heavy (non-hydrogen) atoms. The van der Waals surface area contributed by atoms with Gasteiger partial charge in [-0.25, -0.2) is 0 Å². The number of rotatable bonds is 3. The number of halogens is 1.